The lowest BCUT2D eigenvalue weighted by molar-refractivity contribution is 0.0943. The van der Waals surface area contributed by atoms with Crippen LogP contribution in [0.1, 0.15) is 32.9 Å². The van der Waals surface area contributed by atoms with Gasteiger partial charge in [-0.05, 0) is 30.7 Å². The van der Waals surface area contributed by atoms with Crippen LogP contribution in [0.4, 0.5) is 0 Å². The van der Waals surface area contributed by atoms with Gasteiger partial charge in [0, 0.05) is 49.4 Å². The molecular weight excluding hydrogens is 436 g/mol. The highest BCUT2D eigenvalue weighted by Gasteiger charge is 2.33. The zero-order valence-corrected chi connectivity index (χ0v) is 18.9. The Kier molecular flexibility index (Phi) is 5.88. The number of nitrogens with zero attached hydrogens (tertiary/aromatic N) is 3. The van der Waals surface area contributed by atoms with Crippen molar-refractivity contribution >= 4 is 27.5 Å². The van der Waals surface area contributed by atoms with E-state index in [0.29, 0.717) is 30.1 Å². The number of nitrogens with one attached hydrogen (secondary N) is 1. The molecule has 0 saturated carbocycles. The Morgan fingerprint density at radius 3 is 2.71 bits per heavy atom. The van der Waals surface area contributed by atoms with Gasteiger partial charge in [-0.3, -0.25) is 9.48 Å². The molecule has 2 heterocycles. The topological polar surface area (TPSA) is 84.3 Å². The minimum absolute atomic E-state index is 0.0885. The van der Waals surface area contributed by atoms with Crippen molar-refractivity contribution in [2.24, 2.45) is 7.05 Å². The molecule has 9 heteroatoms. The molecular formula is C22H23ClN4O3S. The lowest BCUT2D eigenvalue weighted by Crippen LogP contribution is -2.37. The summed E-state index contributed by atoms with van der Waals surface area (Å²) in [5.41, 5.74) is 3.88. The molecule has 0 bridgehead atoms. The van der Waals surface area contributed by atoms with E-state index in [1.165, 1.54) is 16.4 Å². The lowest BCUT2D eigenvalue weighted by Gasteiger charge is -2.27. The number of carbonyl (C=O) groups excluding carboxylic acids is 1. The average Bonchev–Trinajstić information content (AvgIpc) is 3.08. The van der Waals surface area contributed by atoms with Gasteiger partial charge in [0.2, 0.25) is 10.0 Å². The maximum Gasteiger partial charge on any atom is 0.272 e. The average molecular weight is 459 g/mol. The molecule has 7 nitrogen and oxygen atoms in total. The van der Waals surface area contributed by atoms with E-state index in [1.54, 1.807) is 23.9 Å². The Balaban J connectivity index is 1.57. The molecule has 162 valence electrons. The van der Waals surface area contributed by atoms with E-state index in [-0.39, 0.29) is 23.0 Å². The predicted octanol–water partition coefficient (Wildman–Crippen LogP) is 3.06. The van der Waals surface area contributed by atoms with Gasteiger partial charge in [-0.25, -0.2) is 8.42 Å². The molecule has 3 aromatic rings. The number of fused-ring (bicyclic) bond motifs is 1. The standard InChI is InChI=1S/C22H23ClN4O3S/c1-15-5-3-6-16(11-15)13-24-22(28)21-19-14-27(10-9-20(19)26(2)25-21)31(29,30)18-8-4-7-17(23)12-18/h3-8,11-12H,9-10,13-14H2,1-2H3,(H,24,28). The van der Waals surface area contributed by atoms with Crippen LogP contribution in [0.3, 0.4) is 0 Å². The number of sulfonamides is 1. The Hall–Kier alpha value is -2.68. The fourth-order valence-electron chi connectivity index (χ4n) is 3.82. The molecule has 0 radical (unpaired) electrons. The summed E-state index contributed by atoms with van der Waals surface area (Å²) in [6.07, 6.45) is 0.476. The molecule has 4 rings (SSSR count). The van der Waals surface area contributed by atoms with Crippen molar-refractivity contribution in [1.82, 2.24) is 19.4 Å². The van der Waals surface area contributed by atoms with Gasteiger partial charge in [0.05, 0.1) is 4.90 Å². The third-order valence-electron chi connectivity index (χ3n) is 5.39. The molecule has 0 fully saturated rings. The van der Waals surface area contributed by atoms with Gasteiger partial charge in [-0.2, -0.15) is 9.40 Å². The zero-order valence-electron chi connectivity index (χ0n) is 17.3. The summed E-state index contributed by atoms with van der Waals surface area (Å²) >= 11 is 5.99. The Morgan fingerprint density at radius 1 is 1.19 bits per heavy atom. The first-order valence-corrected chi connectivity index (χ1v) is 11.7. The van der Waals surface area contributed by atoms with Gasteiger partial charge in [0.15, 0.2) is 5.69 Å². The number of benzene rings is 2. The zero-order chi connectivity index (χ0) is 22.2. The lowest BCUT2D eigenvalue weighted by atomic mass is 10.1. The Labute approximate surface area is 186 Å². The fraction of sp³-hybridized carbons (Fsp3) is 0.273. The molecule has 2 aromatic carbocycles. The van der Waals surface area contributed by atoms with Gasteiger partial charge in [0.1, 0.15) is 0 Å². The molecule has 0 atom stereocenters. The normalized spacial score (nSPS) is 14.3. The first-order valence-electron chi connectivity index (χ1n) is 9.90. The molecule has 1 amide bonds. The van der Waals surface area contributed by atoms with Crippen LogP contribution in [-0.2, 0) is 36.6 Å². The van der Waals surface area contributed by atoms with Gasteiger partial charge in [0.25, 0.3) is 5.91 Å². The maximum atomic E-state index is 13.1. The van der Waals surface area contributed by atoms with E-state index >= 15 is 0 Å². The number of hydrogen-bond acceptors (Lipinski definition) is 4. The van der Waals surface area contributed by atoms with E-state index < -0.39 is 10.0 Å². The minimum Gasteiger partial charge on any atom is -0.347 e. The molecule has 1 N–H and O–H groups in total. The number of aryl methyl sites for hydroxylation is 2. The third kappa shape index (κ3) is 4.37. The van der Waals surface area contributed by atoms with Crippen LogP contribution < -0.4 is 5.32 Å². The third-order valence-corrected chi connectivity index (χ3v) is 7.47. The van der Waals surface area contributed by atoms with E-state index in [4.69, 9.17) is 11.6 Å². The summed E-state index contributed by atoms with van der Waals surface area (Å²) in [6.45, 7) is 2.77. The monoisotopic (exact) mass is 458 g/mol. The minimum atomic E-state index is -3.74. The van der Waals surface area contributed by atoms with Gasteiger partial charge in [-0.1, -0.05) is 47.5 Å². The first kappa shape index (κ1) is 21.5. The molecule has 31 heavy (non-hydrogen) atoms. The second-order valence-corrected chi connectivity index (χ2v) is 9.99. The Morgan fingerprint density at radius 2 is 1.97 bits per heavy atom. The number of amides is 1. The van der Waals surface area contributed by atoms with Crippen LogP contribution in [0.2, 0.25) is 5.02 Å². The highest BCUT2D eigenvalue weighted by molar-refractivity contribution is 7.89. The van der Waals surface area contributed by atoms with E-state index in [1.807, 2.05) is 31.2 Å². The summed E-state index contributed by atoms with van der Waals surface area (Å²) < 4.78 is 29.3. The number of carbonyl (C=O) groups is 1. The van der Waals surface area contributed by atoms with Crippen molar-refractivity contribution in [3.8, 4) is 0 Å². The second-order valence-electron chi connectivity index (χ2n) is 7.62. The van der Waals surface area contributed by atoms with Crippen molar-refractivity contribution in [3.05, 3.63) is 81.6 Å². The van der Waals surface area contributed by atoms with Crippen LogP contribution in [0.15, 0.2) is 53.4 Å². The largest absolute Gasteiger partial charge is 0.347 e. The molecule has 0 saturated heterocycles. The van der Waals surface area contributed by atoms with Gasteiger partial charge in [-0.15, -0.1) is 0 Å². The second kappa shape index (κ2) is 8.45. The molecule has 0 aliphatic carbocycles. The molecule has 1 aliphatic heterocycles. The number of rotatable bonds is 5. The smallest absolute Gasteiger partial charge is 0.272 e. The summed E-state index contributed by atoms with van der Waals surface area (Å²) in [7, 11) is -1.97. The van der Waals surface area contributed by atoms with E-state index in [9.17, 15) is 13.2 Å². The molecule has 0 unspecified atom stereocenters. The van der Waals surface area contributed by atoms with Crippen molar-refractivity contribution < 1.29 is 13.2 Å². The van der Waals surface area contributed by atoms with Crippen LogP contribution in [-0.4, -0.2) is 35.0 Å². The van der Waals surface area contributed by atoms with Gasteiger partial charge >= 0.3 is 0 Å². The van der Waals surface area contributed by atoms with Crippen LogP contribution in [0, 0.1) is 6.92 Å². The summed E-state index contributed by atoms with van der Waals surface area (Å²) in [6, 6.07) is 14.1. The number of halogens is 1. The maximum absolute atomic E-state index is 13.1. The van der Waals surface area contributed by atoms with E-state index in [2.05, 4.69) is 10.4 Å². The summed E-state index contributed by atoms with van der Waals surface area (Å²) in [4.78, 5) is 13.0. The molecule has 1 aromatic heterocycles. The summed E-state index contributed by atoms with van der Waals surface area (Å²) in [5.74, 6) is -0.319. The quantitative estimate of drug-likeness (QED) is 0.636. The van der Waals surface area contributed by atoms with Crippen molar-refractivity contribution in [2.75, 3.05) is 6.54 Å². The number of hydrogen-bond donors (Lipinski definition) is 1. The predicted molar refractivity (Wildman–Crippen MR) is 118 cm³/mol. The Bertz CT molecular complexity index is 1250. The van der Waals surface area contributed by atoms with Crippen molar-refractivity contribution in [1.29, 1.82) is 0 Å². The van der Waals surface area contributed by atoms with Crippen LogP contribution in [0.25, 0.3) is 0 Å². The van der Waals surface area contributed by atoms with Crippen molar-refractivity contribution in [3.63, 3.8) is 0 Å². The first-order chi connectivity index (χ1) is 14.8. The summed E-state index contributed by atoms with van der Waals surface area (Å²) in [5, 5.41) is 7.64. The highest BCUT2D eigenvalue weighted by Crippen LogP contribution is 2.28. The molecule has 0 spiro atoms. The van der Waals surface area contributed by atoms with Crippen LogP contribution >= 0.6 is 11.6 Å². The van der Waals surface area contributed by atoms with Gasteiger partial charge < -0.3 is 5.32 Å². The highest BCUT2D eigenvalue weighted by atomic mass is 35.5. The molecule has 1 aliphatic rings. The van der Waals surface area contributed by atoms with Crippen molar-refractivity contribution in [2.45, 2.75) is 31.3 Å². The fourth-order valence-corrected chi connectivity index (χ4v) is 5.53. The van der Waals surface area contributed by atoms with Crippen LogP contribution in [0.5, 0.6) is 0 Å². The number of aromatic nitrogens is 2. The SMILES string of the molecule is Cc1cccc(CNC(=O)c2nn(C)c3c2CN(S(=O)(=O)c2cccc(Cl)c2)CC3)c1. The van der Waals surface area contributed by atoms with E-state index in [0.717, 1.165) is 16.8 Å².